The summed E-state index contributed by atoms with van der Waals surface area (Å²) in [5.41, 5.74) is -0.309. The highest BCUT2D eigenvalue weighted by atomic mass is 32.1. The summed E-state index contributed by atoms with van der Waals surface area (Å²) >= 11 is 1.32. The molecule has 82 valence electrons. The number of carbonyl (C=O) groups excluding carboxylic acids is 1. The van der Waals surface area contributed by atoms with E-state index in [9.17, 15) is 9.59 Å². The minimum absolute atomic E-state index is 0.112. The van der Waals surface area contributed by atoms with E-state index in [4.69, 9.17) is 0 Å². The van der Waals surface area contributed by atoms with Gasteiger partial charge in [0.15, 0.2) is 5.13 Å². The molecule has 0 unspecified atom stereocenters. The number of hydrogen-bond donors (Lipinski definition) is 1. The number of anilines is 1. The fraction of sp³-hybridized carbons (Fsp3) is 0.111. The van der Waals surface area contributed by atoms with E-state index in [0.717, 1.165) is 4.68 Å². The van der Waals surface area contributed by atoms with Crippen molar-refractivity contribution >= 4 is 22.4 Å². The van der Waals surface area contributed by atoms with E-state index in [1.54, 1.807) is 11.6 Å². The molecule has 0 fully saturated rings. The largest absolute Gasteiger partial charge is 0.300 e. The number of amides is 1. The molecule has 1 amide bonds. The maximum atomic E-state index is 11.5. The number of aromatic nitrogens is 3. The maximum absolute atomic E-state index is 11.5. The molecule has 0 saturated heterocycles. The van der Waals surface area contributed by atoms with Crippen molar-refractivity contribution in [1.82, 2.24) is 14.8 Å². The fourth-order valence-electron chi connectivity index (χ4n) is 1.09. The van der Waals surface area contributed by atoms with Crippen LogP contribution in [0.1, 0.15) is 0 Å². The molecule has 0 saturated carbocycles. The lowest BCUT2D eigenvalue weighted by molar-refractivity contribution is -0.117. The predicted molar refractivity (Wildman–Crippen MR) is 59.2 cm³/mol. The van der Waals surface area contributed by atoms with Crippen molar-refractivity contribution in [3.8, 4) is 0 Å². The lowest BCUT2D eigenvalue weighted by atomic mass is 10.5. The van der Waals surface area contributed by atoms with Crippen LogP contribution in [0.4, 0.5) is 5.13 Å². The van der Waals surface area contributed by atoms with E-state index >= 15 is 0 Å². The summed E-state index contributed by atoms with van der Waals surface area (Å²) in [6.45, 7) is -0.112. The highest BCUT2D eigenvalue weighted by Gasteiger charge is 2.06. The molecule has 0 aliphatic rings. The highest BCUT2D eigenvalue weighted by molar-refractivity contribution is 7.13. The third-order valence-electron chi connectivity index (χ3n) is 1.76. The summed E-state index contributed by atoms with van der Waals surface area (Å²) in [6, 6.07) is 2.88. The summed E-state index contributed by atoms with van der Waals surface area (Å²) < 4.78 is 1.09. The molecule has 2 heterocycles. The Hall–Kier alpha value is -2.02. The van der Waals surface area contributed by atoms with Gasteiger partial charge in [0.05, 0.1) is 0 Å². The third kappa shape index (κ3) is 2.51. The average molecular weight is 236 g/mol. The Labute approximate surface area is 94.6 Å². The SMILES string of the molecule is O=C(Cn1ncccc1=O)Nc1nccs1. The summed E-state index contributed by atoms with van der Waals surface area (Å²) in [7, 11) is 0. The molecule has 0 bridgehead atoms. The lowest BCUT2D eigenvalue weighted by Gasteiger charge is -2.02. The van der Waals surface area contributed by atoms with Crippen LogP contribution in [0.5, 0.6) is 0 Å². The first-order valence-electron chi connectivity index (χ1n) is 4.47. The summed E-state index contributed by atoms with van der Waals surface area (Å²) in [5, 5.41) is 8.60. The first-order chi connectivity index (χ1) is 7.75. The second kappa shape index (κ2) is 4.67. The van der Waals surface area contributed by atoms with Crippen LogP contribution in [0.3, 0.4) is 0 Å². The van der Waals surface area contributed by atoms with E-state index in [1.807, 2.05) is 0 Å². The molecule has 0 atom stereocenters. The van der Waals surface area contributed by atoms with Gasteiger partial charge in [-0.3, -0.25) is 9.59 Å². The number of nitrogens with zero attached hydrogens (tertiary/aromatic N) is 3. The van der Waals surface area contributed by atoms with Crippen molar-refractivity contribution in [2.24, 2.45) is 0 Å². The molecule has 2 rings (SSSR count). The summed E-state index contributed by atoms with van der Waals surface area (Å²) in [6.07, 6.45) is 3.05. The minimum atomic E-state index is -0.323. The second-order valence-electron chi connectivity index (χ2n) is 2.90. The monoisotopic (exact) mass is 236 g/mol. The Balaban J connectivity index is 2.03. The normalized spacial score (nSPS) is 10.0. The van der Waals surface area contributed by atoms with Crippen molar-refractivity contribution in [2.75, 3.05) is 5.32 Å². The molecular weight excluding hydrogens is 228 g/mol. The van der Waals surface area contributed by atoms with Gasteiger partial charge in [0.2, 0.25) is 5.91 Å². The Kier molecular flexibility index (Phi) is 3.06. The Morgan fingerprint density at radius 1 is 1.50 bits per heavy atom. The van der Waals surface area contributed by atoms with Gasteiger partial charge < -0.3 is 5.32 Å². The van der Waals surface area contributed by atoms with E-state index < -0.39 is 0 Å². The standard InChI is InChI=1S/C9H8N4O2S/c14-7(12-9-10-4-5-16-9)6-13-8(15)2-1-3-11-13/h1-5H,6H2,(H,10,12,14). The molecule has 0 radical (unpaired) electrons. The third-order valence-corrected chi connectivity index (χ3v) is 2.45. The number of nitrogens with one attached hydrogen (secondary N) is 1. The smallest absolute Gasteiger partial charge is 0.267 e. The molecule has 2 aromatic rings. The predicted octanol–water partition coefficient (Wildman–Crippen LogP) is 0.338. The van der Waals surface area contributed by atoms with Gasteiger partial charge in [-0.2, -0.15) is 5.10 Å². The molecule has 0 spiro atoms. The van der Waals surface area contributed by atoms with Gasteiger partial charge in [-0.05, 0) is 6.07 Å². The molecule has 0 aliphatic carbocycles. The summed E-state index contributed by atoms with van der Waals surface area (Å²) in [4.78, 5) is 26.7. The van der Waals surface area contributed by atoms with Crippen LogP contribution in [0.2, 0.25) is 0 Å². The number of rotatable bonds is 3. The molecule has 6 nitrogen and oxygen atoms in total. The topological polar surface area (TPSA) is 76.9 Å². The Morgan fingerprint density at radius 3 is 3.06 bits per heavy atom. The van der Waals surface area contributed by atoms with Gasteiger partial charge in [0.1, 0.15) is 6.54 Å². The van der Waals surface area contributed by atoms with Gasteiger partial charge in [-0.15, -0.1) is 11.3 Å². The van der Waals surface area contributed by atoms with Crippen molar-refractivity contribution in [3.05, 3.63) is 40.3 Å². The molecule has 0 aromatic carbocycles. The number of thiazole rings is 1. The molecule has 1 N–H and O–H groups in total. The van der Waals surface area contributed by atoms with E-state index in [-0.39, 0.29) is 18.0 Å². The van der Waals surface area contributed by atoms with Crippen LogP contribution in [-0.4, -0.2) is 20.7 Å². The Morgan fingerprint density at radius 2 is 2.38 bits per heavy atom. The maximum Gasteiger partial charge on any atom is 0.267 e. The Bertz CT molecular complexity index is 534. The molecule has 7 heteroatoms. The zero-order valence-corrected chi connectivity index (χ0v) is 8.98. The van der Waals surface area contributed by atoms with Gasteiger partial charge in [-0.25, -0.2) is 9.67 Å². The first-order valence-corrected chi connectivity index (χ1v) is 5.35. The van der Waals surface area contributed by atoms with Crippen LogP contribution in [-0.2, 0) is 11.3 Å². The molecular formula is C9H8N4O2S. The number of hydrogen-bond acceptors (Lipinski definition) is 5. The average Bonchev–Trinajstić information content (AvgIpc) is 2.74. The lowest BCUT2D eigenvalue weighted by Crippen LogP contribution is -2.28. The van der Waals surface area contributed by atoms with Crippen LogP contribution in [0.25, 0.3) is 0 Å². The van der Waals surface area contributed by atoms with Crippen LogP contribution in [0.15, 0.2) is 34.7 Å². The van der Waals surface area contributed by atoms with E-state index in [1.165, 1.54) is 29.7 Å². The minimum Gasteiger partial charge on any atom is -0.300 e. The van der Waals surface area contributed by atoms with Crippen molar-refractivity contribution in [2.45, 2.75) is 6.54 Å². The van der Waals surface area contributed by atoms with Gasteiger partial charge in [-0.1, -0.05) is 0 Å². The van der Waals surface area contributed by atoms with Gasteiger partial charge >= 0.3 is 0 Å². The van der Waals surface area contributed by atoms with Crippen LogP contribution in [0, 0.1) is 0 Å². The van der Waals surface area contributed by atoms with Crippen molar-refractivity contribution in [1.29, 1.82) is 0 Å². The zero-order valence-electron chi connectivity index (χ0n) is 8.16. The van der Waals surface area contributed by atoms with Crippen molar-refractivity contribution < 1.29 is 4.79 Å². The van der Waals surface area contributed by atoms with Crippen LogP contribution < -0.4 is 10.9 Å². The zero-order chi connectivity index (χ0) is 11.4. The second-order valence-corrected chi connectivity index (χ2v) is 3.80. The number of carbonyl (C=O) groups is 1. The van der Waals surface area contributed by atoms with Gasteiger partial charge in [0.25, 0.3) is 5.56 Å². The molecule has 16 heavy (non-hydrogen) atoms. The van der Waals surface area contributed by atoms with Gasteiger partial charge in [0, 0.05) is 23.8 Å². The molecule has 0 aliphatic heterocycles. The first kappa shape index (κ1) is 10.5. The quantitative estimate of drug-likeness (QED) is 0.833. The van der Waals surface area contributed by atoms with E-state index in [0.29, 0.717) is 5.13 Å². The van der Waals surface area contributed by atoms with Crippen LogP contribution >= 0.6 is 11.3 Å². The highest BCUT2D eigenvalue weighted by Crippen LogP contribution is 2.09. The van der Waals surface area contributed by atoms with E-state index in [2.05, 4.69) is 15.4 Å². The summed E-state index contributed by atoms with van der Waals surface area (Å²) in [5.74, 6) is -0.323. The van der Waals surface area contributed by atoms with Crippen molar-refractivity contribution in [3.63, 3.8) is 0 Å². The molecule has 2 aromatic heterocycles. The fourth-order valence-corrected chi connectivity index (χ4v) is 1.63.